The van der Waals surface area contributed by atoms with E-state index in [4.69, 9.17) is 5.73 Å². The number of amides is 1. The van der Waals surface area contributed by atoms with Gasteiger partial charge in [0.15, 0.2) is 0 Å². The van der Waals surface area contributed by atoms with Crippen LogP contribution in [0.15, 0.2) is 35.8 Å². The van der Waals surface area contributed by atoms with E-state index in [1.807, 2.05) is 11.4 Å². The van der Waals surface area contributed by atoms with Gasteiger partial charge in [0.2, 0.25) is 0 Å². The number of pyridine rings is 1. The van der Waals surface area contributed by atoms with Gasteiger partial charge in [0.05, 0.1) is 5.56 Å². The molecule has 5 heteroatoms. The van der Waals surface area contributed by atoms with Crippen LogP contribution in [0.2, 0.25) is 0 Å². The van der Waals surface area contributed by atoms with Gasteiger partial charge in [-0.2, -0.15) is 0 Å². The summed E-state index contributed by atoms with van der Waals surface area (Å²) < 4.78 is 0. The van der Waals surface area contributed by atoms with Gasteiger partial charge in [0.25, 0.3) is 5.91 Å². The molecule has 4 nitrogen and oxygen atoms in total. The van der Waals surface area contributed by atoms with Crippen molar-refractivity contribution in [3.63, 3.8) is 0 Å². The fourth-order valence-electron chi connectivity index (χ4n) is 1.69. The molecule has 1 amide bonds. The van der Waals surface area contributed by atoms with Crippen molar-refractivity contribution in [2.24, 2.45) is 0 Å². The molecular formula is C14H17N3OS. The maximum atomic E-state index is 12.0. The van der Waals surface area contributed by atoms with E-state index in [2.05, 4.69) is 30.2 Å². The van der Waals surface area contributed by atoms with E-state index in [9.17, 15) is 4.79 Å². The molecule has 0 spiro atoms. The first-order chi connectivity index (χ1) is 8.99. The second-order valence-corrected chi connectivity index (χ2v) is 5.96. The van der Waals surface area contributed by atoms with Crippen molar-refractivity contribution >= 4 is 23.1 Å². The molecule has 0 saturated heterocycles. The lowest BCUT2D eigenvalue weighted by atomic mass is 9.91. The van der Waals surface area contributed by atoms with Crippen molar-refractivity contribution in [3.8, 4) is 0 Å². The summed E-state index contributed by atoms with van der Waals surface area (Å²) in [4.78, 5) is 17.2. The van der Waals surface area contributed by atoms with Gasteiger partial charge in [0, 0.05) is 23.0 Å². The summed E-state index contributed by atoms with van der Waals surface area (Å²) in [6.07, 6.45) is 1.49. The van der Waals surface area contributed by atoms with E-state index >= 15 is 0 Å². The number of anilines is 1. The molecule has 2 aromatic heterocycles. The van der Waals surface area contributed by atoms with Crippen molar-refractivity contribution in [3.05, 3.63) is 46.3 Å². The SMILES string of the molecule is CC(C)(CNC(=O)c1ccc(N)nc1)c1cccs1. The number of thiophene rings is 1. The van der Waals surface area contributed by atoms with Gasteiger partial charge in [0.1, 0.15) is 5.82 Å². The summed E-state index contributed by atoms with van der Waals surface area (Å²) in [5, 5.41) is 4.98. The van der Waals surface area contributed by atoms with Gasteiger partial charge in [-0.1, -0.05) is 19.9 Å². The van der Waals surface area contributed by atoms with E-state index in [-0.39, 0.29) is 11.3 Å². The van der Waals surface area contributed by atoms with Crippen molar-refractivity contribution in [1.29, 1.82) is 0 Å². The minimum absolute atomic E-state index is 0.0783. The van der Waals surface area contributed by atoms with Crippen LogP contribution in [-0.4, -0.2) is 17.4 Å². The molecule has 2 heterocycles. The van der Waals surface area contributed by atoms with Crippen LogP contribution < -0.4 is 11.1 Å². The second-order valence-electron chi connectivity index (χ2n) is 5.02. The van der Waals surface area contributed by atoms with Crippen molar-refractivity contribution in [2.75, 3.05) is 12.3 Å². The molecule has 0 saturated carbocycles. The average Bonchev–Trinajstić information content (AvgIpc) is 2.91. The molecule has 0 aliphatic rings. The molecule has 0 unspecified atom stereocenters. The van der Waals surface area contributed by atoms with Crippen molar-refractivity contribution in [1.82, 2.24) is 10.3 Å². The van der Waals surface area contributed by atoms with Crippen LogP contribution >= 0.6 is 11.3 Å². The second kappa shape index (κ2) is 5.40. The van der Waals surface area contributed by atoms with Crippen LogP contribution in [0, 0.1) is 0 Å². The van der Waals surface area contributed by atoms with Crippen molar-refractivity contribution < 1.29 is 4.79 Å². The number of hydrogen-bond acceptors (Lipinski definition) is 4. The lowest BCUT2D eigenvalue weighted by Crippen LogP contribution is -2.36. The highest BCUT2D eigenvalue weighted by atomic mass is 32.1. The summed E-state index contributed by atoms with van der Waals surface area (Å²) in [5.74, 6) is 0.285. The summed E-state index contributed by atoms with van der Waals surface area (Å²) in [6.45, 7) is 4.80. The molecule has 0 fully saturated rings. The first-order valence-corrected chi connectivity index (χ1v) is 6.91. The zero-order chi connectivity index (χ0) is 13.9. The van der Waals surface area contributed by atoms with Crippen LogP contribution in [0.3, 0.4) is 0 Å². The third kappa shape index (κ3) is 3.32. The molecule has 2 rings (SSSR count). The van der Waals surface area contributed by atoms with E-state index in [0.29, 0.717) is 17.9 Å². The van der Waals surface area contributed by atoms with Crippen molar-refractivity contribution in [2.45, 2.75) is 19.3 Å². The van der Waals surface area contributed by atoms with Gasteiger partial charge in [-0.15, -0.1) is 11.3 Å². The van der Waals surface area contributed by atoms with E-state index in [0.717, 1.165) is 0 Å². The molecule has 0 radical (unpaired) electrons. The number of nitrogens with zero attached hydrogens (tertiary/aromatic N) is 1. The summed E-state index contributed by atoms with van der Waals surface area (Å²) >= 11 is 1.70. The molecule has 0 bridgehead atoms. The number of nitrogens with two attached hydrogens (primary N) is 1. The van der Waals surface area contributed by atoms with Crippen LogP contribution in [0.5, 0.6) is 0 Å². The molecular weight excluding hydrogens is 258 g/mol. The van der Waals surface area contributed by atoms with Crippen LogP contribution in [0.4, 0.5) is 5.82 Å². The normalized spacial score (nSPS) is 11.3. The number of carbonyl (C=O) groups excluding carboxylic acids is 1. The molecule has 0 atom stereocenters. The Kier molecular flexibility index (Phi) is 3.85. The fourth-order valence-corrected chi connectivity index (χ4v) is 2.55. The molecule has 0 aliphatic carbocycles. The van der Waals surface area contributed by atoms with Crippen LogP contribution in [0.1, 0.15) is 29.1 Å². The minimum Gasteiger partial charge on any atom is -0.384 e. The fraction of sp³-hybridized carbons (Fsp3) is 0.286. The van der Waals surface area contributed by atoms with Crippen LogP contribution in [-0.2, 0) is 5.41 Å². The summed E-state index contributed by atoms with van der Waals surface area (Å²) in [7, 11) is 0. The standard InChI is InChI=1S/C14H17N3OS/c1-14(2,11-4-3-7-19-11)9-17-13(18)10-5-6-12(15)16-8-10/h3-8H,9H2,1-2H3,(H2,15,16)(H,17,18). The lowest BCUT2D eigenvalue weighted by molar-refractivity contribution is 0.0945. The molecule has 100 valence electrons. The number of nitrogens with one attached hydrogen (secondary N) is 1. The van der Waals surface area contributed by atoms with Gasteiger partial charge >= 0.3 is 0 Å². The van der Waals surface area contributed by atoms with Gasteiger partial charge in [-0.3, -0.25) is 4.79 Å². The molecule has 2 aromatic rings. The monoisotopic (exact) mass is 275 g/mol. The maximum absolute atomic E-state index is 12.0. The van der Waals surface area contributed by atoms with E-state index in [1.165, 1.54) is 11.1 Å². The summed E-state index contributed by atoms with van der Waals surface area (Å²) in [5.41, 5.74) is 5.94. The molecule has 3 N–H and O–H groups in total. The number of nitrogen functional groups attached to an aromatic ring is 1. The highest BCUT2D eigenvalue weighted by molar-refractivity contribution is 7.10. The Hall–Kier alpha value is -1.88. The van der Waals surface area contributed by atoms with Crippen LogP contribution in [0.25, 0.3) is 0 Å². The number of aromatic nitrogens is 1. The summed E-state index contributed by atoms with van der Waals surface area (Å²) in [6, 6.07) is 7.41. The quantitative estimate of drug-likeness (QED) is 0.900. The largest absolute Gasteiger partial charge is 0.384 e. The van der Waals surface area contributed by atoms with Gasteiger partial charge in [-0.05, 0) is 23.6 Å². The lowest BCUT2D eigenvalue weighted by Gasteiger charge is -2.23. The third-order valence-electron chi connectivity index (χ3n) is 2.93. The third-order valence-corrected chi connectivity index (χ3v) is 4.16. The Labute approximate surface area is 116 Å². The van der Waals surface area contributed by atoms with Gasteiger partial charge in [-0.25, -0.2) is 4.98 Å². The highest BCUT2D eigenvalue weighted by Gasteiger charge is 2.22. The molecule has 0 aromatic carbocycles. The predicted molar refractivity (Wildman–Crippen MR) is 78.3 cm³/mol. The molecule has 0 aliphatic heterocycles. The Morgan fingerprint density at radius 3 is 2.79 bits per heavy atom. The Morgan fingerprint density at radius 2 is 2.21 bits per heavy atom. The molecule has 19 heavy (non-hydrogen) atoms. The first-order valence-electron chi connectivity index (χ1n) is 6.03. The van der Waals surface area contributed by atoms with Gasteiger partial charge < -0.3 is 11.1 Å². The maximum Gasteiger partial charge on any atom is 0.252 e. The van der Waals surface area contributed by atoms with E-state index in [1.54, 1.807) is 23.5 Å². The highest BCUT2D eigenvalue weighted by Crippen LogP contribution is 2.26. The number of rotatable bonds is 4. The smallest absolute Gasteiger partial charge is 0.252 e. The first kappa shape index (κ1) is 13.5. The predicted octanol–water partition coefficient (Wildman–Crippen LogP) is 2.43. The Balaban J connectivity index is 1.99. The minimum atomic E-state index is -0.128. The Bertz CT molecular complexity index is 547. The number of carbonyl (C=O) groups is 1. The topological polar surface area (TPSA) is 68.0 Å². The zero-order valence-electron chi connectivity index (χ0n) is 11.0. The van der Waals surface area contributed by atoms with E-state index < -0.39 is 0 Å². The number of hydrogen-bond donors (Lipinski definition) is 2. The average molecular weight is 275 g/mol. The Morgan fingerprint density at radius 1 is 1.42 bits per heavy atom. The zero-order valence-corrected chi connectivity index (χ0v) is 11.8.